The van der Waals surface area contributed by atoms with E-state index in [-0.39, 0.29) is 27.9 Å². The number of carbonyl (C=O) groups is 1. The summed E-state index contributed by atoms with van der Waals surface area (Å²) in [7, 11) is 2.19. The lowest BCUT2D eigenvalue weighted by molar-refractivity contribution is -0.149. The Balaban J connectivity index is 0.000000269. The van der Waals surface area contributed by atoms with Gasteiger partial charge >= 0.3 is 0 Å². The first kappa shape index (κ1) is 32.6. The number of anilines is 1. The van der Waals surface area contributed by atoms with E-state index in [1.165, 1.54) is 44.7 Å². The maximum absolute atomic E-state index is 15.0. The van der Waals surface area contributed by atoms with Crippen molar-refractivity contribution in [3.63, 3.8) is 0 Å². The Morgan fingerprint density at radius 3 is 2.47 bits per heavy atom. The third-order valence-corrected chi connectivity index (χ3v) is 11.7. The first-order valence-electron chi connectivity index (χ1n) is 17.1. The Morgan fingerprint density at radius 1 is 1.11 bits per heavy atom. The molecule has 254 valence electrons. The van der Waals surface area contributed by atoms with E-state index in [4.69, 9.17) is 21.4 Å². The predicted octanol–water partition coefficient (Wildman–Crippen LogP) is 5.28. The minimum atomic E-state index is -0.469. The molecular formula is C35H48ClFN8O2. The highest BCUT2D eigenvalue weighted by Gasteiger charge is 2.54. The number of rotatable bonds is 5. The molecule has 47 heavy (non-hydrogen) atoms. The summed E-state index contributed by atoms with van der Waals surface area (Å²) in [6.07, 6.45) is 8.38. The Labute approximate surface area is 281 Å². The van der Waals surface area contributed by atoms with Gasteiger partial charge < -0.3 is 19.4 Å². The molecule has 4 aliphatic heterocycles. The minimum Gasteiger partial charge on any atom is -0.378 e. The zero-order valence-electron chi connectivity index (χ0n) is 28.2. The van der Waals surface area contributed by atoms with Crippen molar-refractivity contribution in [1.82, 2.24) is 34.7 Å². The number of halogens is 2. The van der Waals surface area contributed by atoms with Crippen LogP contribution in [-0.4, -0.2) is 118 Å². The number of benzene rings is 1. The summed E-state index contributed by atoms with van der Waals surface area (Å²) in [6.45, 7) is 19.4. The molecule has 1 amide bonds. The maximum atomic E-state index is 15.0. The minimum absolute atomic E-state index is 0.00104. The number of nitrogens with zero attached hydrogens (tertiary/aromatic N) is 7. The lowest BCUT2D eigenvalue weighted by Gasteiger charge is -2.58. The number of likely N-dealkylation sites (tertiary alicyclic amines) is 1. The van der Waals surface area contributed by atoms with Gasteiger partial charge in [-0.25, -0.2) is 4.39 Å². The molecule has 0 radical (unpaired) electrons. The van der Waals surface area contributed by atoms with Crippen LogP contribution in [0.3, 0.4) is 0 Å². The molecule has 4 saturated heterocycles. The molecule has 5 fully saturated rings. The average Bonchev–Trinajstić information content (AvgIpc) is 3.57. The summed E-state index contributed by atoms with van der Waals surface area (Å²) in [4.78, 5) is 21.1. The maximum Gasteiger partial charge on any atom is 0.245 e. The molecule has 1 aliphatic carbocycles. The third kappa shape index (κ3) is 5.87. The summed E-state index contributed by atoms with van der Waals surface area (Å²) >= 11 is 6.67. The SMILES string of the molecule is C=CC(=O)N1CC2(CC(n3nc(N4CCCCC4(C)C)c(-c4c(Cl)c(F)cc5[nH]ncc45)c3C)C2)C1.CN1CCN(C2COC2)CC1. The topological polar surface area (TPSA) is 85.8 Å². The van der Waals surface area contributed by atoms with E-state index in [0.29, 0.717) is 11.1 Å². The standard InChI is InChI=1S/C27H32ClFN6O.C8H16N2O/c1-5-21(36)33-14-27(15-33)11-17(12-27)35-16(2)22(25(32-35)34-9-7-6-8-26(34,3)4)23-18-13-30-31-20(18)10-19(29)24(23)28;1-9-2-4-10(5-3-9)8-6-11-7-8/h5,10,13,17H,1,6-9,11-12,14-15H2,2-4H3,(H,30,31);8H,2-7H2,1H3. The number of aromatic amines is 1. The number of piperidine rings is 1. The molecule has 1 aromatic carbocycles. The second-order valence-corrected chi connectivity index (χ2v) is 15.4. The van der Waals surface area contributed by atoms with Crippen LogP contribution >= 0.6 is 11.6 Å². The van der Waals surface area contributed by atoms with Crippen LogP contribution < -0.4 is 4.90 Å². The lowest BCUT2D eigenvalue weighted by Crippen LogP contribution is -2.63. The Hall–Kier alpha value is -2.99. The molecule has 12 heteroatoms. The van der Waals surface area contributed by atoms with Crippen LogP contribution in [-0.2, 0) is 9.53 Å². The number of aromatic nitrogens is 4. The van der Waals surface area contributed by atoms with E-state index < -0.39 is 5.82 Å². The van der Waals surface area contributed by atoms with Gasteiger partial charge in [0.15, 0.2) is 5.82 Å². The summed E-state index contributed by atoms with van der Waals surface area (Å²) in [5, 5.41) is 13.2. The zero-order chi connectivity index (χ0) is 33.1. The number of fused-ring (bicyclic) bond motifs is 1. The highest BCUT2D eigenvalue weighted by molar-refractivity contribution is 6.35. The van der Waals surface area contributed by atoms with Gasteiger partial charge in [0.1, 0.15) is 5.82 Å². The van der Waals surface area contributed by atoms with Gasteiger partial charge in [-0.1, -0.05) is 18.2 Å². The molecule has 1 N–H and O–H groups in total. The van der Waals surface area contributed by atoms with Gasteiger partial charge in [-0.3, -0.25) is 19.5 Å². The molecule has 8 rings (SSSR count). The fraction of sp³-hybridized carbons (Fsp3) is 0.629. The van der Waals surface area contributed by atoms with E-state index in [1.54, 1.807) is 6.20 Å². The van der Waals surface area contributed by atoms with Crippen molar-refractivity contribution in [1.29, 1.82) is 0 Å². The summed E-state index contributed by atoms with van der Waals surface area (Å²) in [5.74, 6) is 0.398. The molecule has 6 heterocycles. The second-order valence-electron chi connectivity index (χ2n) is 15.0. The largest absolute Gasteiger partial charge is 0.378 e. The average molecular weight is 667 g/mol. The van der Waals surface area contributed by atoms with Gasteiger partial charge in [-0.15, -0.1) is 0 Å². The Morgan fingerprint density at radius 2 is 1.83 bits per heavy atom. The number of amides is 1. The van der Waals surface area contributed by atoms with Gasteiger partial charge in [0, 0.05) is 85.0 Å². The molecule has 0 unspecified atom stereocenters. The number of hydrogen-bond donors (Lipinski definition) is 1. The normalized spacial score (nSPS) is 23.2. The van der Waals surface area contributed by atoms with Crippen molar-refractivity contribution < 1.29 is 13.9 Å². The molecule has 0 bridgehead atoms. The fourth-order valence-electron chi connectivity index (χ4n) is 8.32. The number of H-pyrrole nitrogens is 1. The van der Waals surface area contributed by atoms with Crippen molar-refractivity contribution in [3.05, 3.63) is 41.5 Å². The van der Waals surface area contributed by atoms with Crippen molar-refractivity contribution in [2.45, 2.75) is 70.5 Å². The predicted molar refractivity (Wildman–Crippen MR) is 183 cm³/mol. The number of likely N-dealkylation sites (N-methyl/N-ethyl adjacent to an activating group) is 1. The molecule has 2 aromatic heterocycles. The van der Waals surface area contributed by atoms with Crippen LogP contribution in [0.25, 0.3) is 22.0 Å². The summed E-state index contributed by atoms with van der Waals surface area (Å²) < 4.78 is 22.3. The fourth-order valence-corrected chi connectivity index (χ4v) is 8.57. The van der Waals surface area contributed by atoms with E-state index in [2.05, 4.69) is 64.0 Å². The van der Waals surface area contributed by atoms with Crippen LogP contribution in [0.4, 0.5) is 10.2 Å². The van der Waals surface area contributed by atoms with Crippen molar-refractivity contribution in [2.75, 3.05) is 71.0 Å². The van der Waals surface area contributed by atoms with Crippen molar-refractivity contribution >= 4 is 34.2 Å². The Kier molecular flexibility index (Phi) is 8.64. The van der Waals surface area contributed by atoms with Crippen molar-refractivity contribution in [3.8, 4) is 11.1 Å². The van der Waals surface area contributed by atoms with Crippen LogP contribution in [0.15, 0.2) is 24.9 Å². The van der Waals surface area contributed by atoms with E-state index >= 15 is 0 Å². The van der Waals surface area contributed by atoms with Gasteiger partial charge in [0.25, 0.3) is 0 Å². The van der Waals surface area contributed by atoms with E-state index in [0.717, 1.165) is 87.0 Å². The summed E-state index contributed by atoms with van der Waals surface area (Å²) in [5.41, 5.74) is 3.24. The number of ether oxygens (including phenoxy) is 1. The first-order valence-corrected chi connectivity index (χ1v) is 17.5. The quantitative estimate of drug-likeness (QED) is 0.371. The van der Waals surface area contributed by atoms with Gasteiger partial charge in [-0.05, 0) is 66.0 Å². The molecule has 1 spiro atoms. The smallest absolute Gasteiger partial charge is 0.245 e. The highest BCUT2D eigenvalue weighted by Crippen LogP contribution is 2.56. The highest BCUT2D eigenvalue weighted by atomic mass is 35.5. The summed E-state index contributed by atoms with van der Waals surface area (Å²) in [6, 6.07) is 2.38. The number of piperazine rings is 1. The number of carbonyl (C=O) groups excluding carboxylic acids is 1. The van der Waals surface area contributed by atoms with Gasteiger partial charge in [0.05, 0.1) is 42.0 Å². The van der Waals surface area contributed by atoms with E-state index in [9.17, 15) is 9.18 Å². The zero-order valence-corrected chi connectivity index (χ0v) is 29.0. The molecule has 5 aliphatic rings. The molecule has 1 saturated carbocycles. The Bertz CT molecular complexity index is 1640. The third-order valence-electron chi connectivity index (χ3n) is 11.3. The van der Waals surface area contributed by atoms with Crippen LogP contribution in [0, 0.1) is 18.2 Å². The second kappa shape index (κ2) is 12.5. The van der Waals surface area contributed by atoms with E-state index in [1.807, 2.05) is 4.90 Å². The lowest BCUT2D eigenvalue weighted by atomic mass is 9.60. The van der Waals surface area contributed by atoms with Gasteiger partial charge in [0.2, 0.25) is 5.91 Å². The van der Waals surface area contributed by atoms with Crippen LogP contribution in [0.5, 0.6) is 0 Å². The van der Waals surface area contributed by atoms with Crippen LogP contribution in [0.2, 0.25) is 5.02 Å². The number of hydrogen-bond acceptors (Lipinski definition) is 7. The van der Waals surface area contributed by atoms with Gasteiger partial charge in [-0.2, -0.15) is 10.2 Å². The molecular weight excluding hydrogens is 619 g/mol. The number of nitrogens with one attached hydrogen (secondary N) is 1. The van der Waals surface area contributed by atoms with Crippen LogP contribution in [0.1, 0.15) is 57.7 Å². The molecule has 0 atom stereocenters. The molecule has 10 nitrogen and oxygen atoms in total. The monoisotopic (exact) mass is 666 g/mol. The first-order chi connectivity index (χ1) is 22.5. The molecule has 3 aromatic rings. The van der Waals surface area contributed by atoms with Crippen molar-refractivity contribution in [2.24, 2.45) is 5.41 Å².